The molecule has 0 spiro atoms. The van der Waals surface area contributed by atoms with Crippen LogP contribution in [0.5, 0.6) is 0 Å². The van der Waals surface area contributed by atoms with Crippen LogP contribution in [-0.4, -0.2) is 36.7 Å². The molecule has 0 unspecified atom stereocenters. The highest BCUT2D eigenvalue weighted by molar-refractivity contribution is 6.17. The van der Waals surface area contributed by atoms with Gasteiger partial charge in [0.15, 0.2) is 5.69 Å². The van der Waals surface area contributed by atoms with Gasteiger partial charge in [-0.05, 0) is 6.42 Å². The average molecular weight is 233 g/mol. The van der Waals surface area contributed by atoms with E-state index in [-0.39, 0.29) is 11.6 Å². The molecule has 0 aromatic carbocycles. The zero-order valence-corrected chi connectivity index (χ0v) is 9.00. The van der Waals surface area contributed by atoms with Crippen molar-refractivity contribution in [1.82, 2.24) is 10.5 Å². The van der Waals surface area contributed by atoms with Gasteiger partial charge < -0.3 is 14.6 Å². The third kappa shape index (κ3) is 4.80. The Hall–Kier alpha value is -1.07. The summed E-state index contributed by atoms with van der Waals surface area (Å²) in [7, 11) is 0. The molecule has 0 aliphatic carbocycles. The minimum Gasteiger partial charge on any atom is -0.380 e. The summed E-state index contributed by atoms with van der Waals surface area (Å²) in [4.78, 5) is 11.3. The Balaban J connectivity index is 2.03. The van der Waals surface area contributed by atoms with Crippen molar-refractivity contribution in [3.05, 3.63) is 18.0 Å². The molecule has 1 N–H and O–H groups in total. The molecule has 0 atom stereocenters. The lowest BCUT2D eigenvalue weighted by atomic mass is 10.4. The molecule has 0 radical (unpaired) electrons. The minimum absolute atomic E-state index is 0.235. The van der Waals surface area contributed by atoms with Gasteiger partial charge in [0, 0.05) is 25.1 Å². The molecular weight excluding hydrogens is 220 g/mol. The van der Waals surface area contributed by atoms with E-state index >= 15 is 0 Å². The maximum atomic E-state index is 11.3. The van der Waals surface area contributed by atoms with Gasteiger partial charge in [-0.15, -0.1) is 11.6 Å². The van der Waals surface area contributed by atoms with Crippen LogP contribution < -0.4 is 5.32 Å². The molecule has 0 fully saturated rings. The number of aromatic nitrogens is 1. The van der Waals surface area contributed by atoms with Crippen LogP contribution in [0.25, 0.3) is 0 Å². The van der Waals surface area contributed by atoms with E-state index in [2.05, 4.69) is 15.0 Å². The van der Waals surface area contributed by atoms with E-state index in [1.807, 2.05) is 0 Å². The topological polar surface area (TPSA) is 64.4 Å². The number of amides is 1. The van der Waals surface area contributed by atoms with Crippen molar-refractivity contribution in [2.45, 2.75) is 6.42 Å². The Morgan fingerprint density at radius 1 is 1.60 bits per heavy atom. The number of rotatable bonds is 7. The molecule has 84 valence electrons. The molecule has 0 bridgehead atoms. The molecule has 6 heteroatoms. The van der Waals surface area contributed by atoms with Crippen LogP contribution in [0.1, 0.15) is 16.9 Å². The van der Waals surface area contributed by atoms with E-state index in [0.717, 1.165) is 6.42 Å². The first kappa shape index (κ1) is 12.0. The van der Waals surface area contributed by atoms with Gasteiger partial charge in [0.25, 0.3) is 5.91 Å². The highest BCUT2D eigenvalue weighted by atomic mass is 35.5. The number of carbonyl (C=O) groups is 1. The number of nitrogens with one attached hydrogen (secondary N) is 1. The predicted octanol–water partition coefficient (Wildman–Crippen LogP) is 1.05. The molecule has 1 rings (SSSR count). The summed E-state index contributed by atoms with van der Waals surface area (Å²) in [5, 5.41) is 6.20. The van der Waals surface area contributed by atoms with Crippen molar-refractivity contribution in [2.24, 2.45) is 0 Å². The lowest BCUT2D eigenvalue weighted by Gasteiger charge is -2.03. The summed E-state index contributed by atoms with van der Waals surface area (Å²) in [5.41, 5.74) is 0.289. The van der Waals surface area contributed by atoms with Crippen LogP contribution in [0.15, 0.2) is 16.9 Å². The number of ether oxygens (including phenoxy) is 1. The molecule has 15 heavy (non-hydrogen) atoms. The standard InChI is InChI=1S/C9H13ClN2O3/c10-3-7-14-5-1-4-11-9(13)8-2-6-15-12-8/h2,6H,1,3-5,7H2,(H,11,13). The highest BCUT2D eigenvalue weighted by Gasteiger charge is 2.06. The van der Waals surface area contributed by atoms with Crippen LogP contribution >= 0.6 is 11.6 Å². The number of hydrogen-bond acceptors (Lipinski definition) is 4. The summed E-state index contributed by atoms with van der Waals surface area (Å²) in [6.07, 6.45) is 2.11. The molecule has 5 nitrogen and oxygen atoms in total. The fraction of sp³-hybridized carbons (Fsp3) is 0.556. The largest absolute Gasteiger partial charge is 0.380 e. The second kappa shape index (κ2) is 7.25. The van der Waals surface area contributed by atoms with Crippen LogP contribution in [-0.2, 0) is 4.74 Å². The van der Waals surface area contributed by atoms with Gasteiger partial charge in [0.05, 0.1) is 6.61 Å². The van der Waals surface area contributed by atoms with Crippen molar-refractivity contribution in [1.29, 1.82) is 0 Å². The van der Waals surface area contributed by atoms with Gasteiger partial charge in [0.1, 0.15) is 6.26 Å². The number of halogens is 1. The lowest BCUT2D eigenvalue weighted by molar-refractivity contribution is 0.0935. The zero-order valence-electron chi connectivity index (χ0n) is 8.24. The monoisotopic (exact) mass is 232 g/mol. The molecule has 0 aliphatic rings. The summed E-state index contributed by atoms with van der Waals surface area (Å²) < 4.78 is 9.68. The molecule has 1 heterocycles. The van der Waals surface area contributed by atoms with Crippen LogP contribution in [0.3, 0.4) is 0 Å². The molecule has 1 amide bonds. The van der Waals surface area contributed by atoms with E-state index in [4.69, 9.17) is 16.3 Å². The average Bonchev–Trinajstić information content (AvgIpc) is 2.76. The van der Waals surface area contributed by atoms with E-state index in [1.54, 1.807) is 0 Å². The first-order valence-electron chi connectivity index (χ1n) is 4.67. The van der Waals surface area contributed by atoms with Gasteiger partial charge in [-0.25, -0.2) is 0 Å². The van der Waals surface area contributed by atoms with Gasteiger partial charge in [-0.3, -0.25) is 4.79 Å². The molecule has 0 saturated heterocycles. The third-order valence-electron chi connectivity index (χ3n) is 1.64. The van der Waals surface area contributed by atoms with E-state index < -0.39 is 0 Å². The fourth-order valence-corrected chi connectivity index (χ4v) is 1.06. The van der Waals surface area contributed by atoms with E-state index in [1.165, 1.54) is 12.3 Å². The maximum absolute atomic E-state index is 11.3. The summed E-state index contributed by atoms with van der Waals surface area (Å²) in [6.45, 7) is 1.68. The second-order valence-electron chi connectivity index (χ2n) is 2.80. The van der Waals surface area contributed by atoms with Crippen molar-refractivity contribution >= 4 is 17.5 Å². The third-order valence-corrected chi connectivity index (χ3v) is 1.80. The van der Waals surface area contributed by atoms with Gasteiger partial charge in [-0.2, -0.15) is 0 Å². The first-order chi connectivity index (χ1) is 7.34. The van der Waals surface area contributed by atoms with Crippen molar-refractivity contribution in [2.75, 3.05) is 25.6 Å². The maximum Gasteiger partial charge on any atom is 0.273 e. The summed E-state index contributed by atoms with van der Waals surface area (Å²) >= 11 is 5.42. The fourth-order valence-electron chi connectivity index (χ4n) is 0.953. The van der Waals surface area contributed by atoms with Gasteiger partial charge in [0.2, 0.25) is 0 Å². The van der Waals surface area contributed by atoms with Gasteiger partial charge in [-0.1, -0.05) is 5.16 Å². The zero-order chi connectivity index (χ0) is 10.9. The number of nitrogens with zero attached hydrogens (tertiary/aromatic N) is 1. The van der Waals surface area contributed by atoms with Crippen molar-refractivity contribution in [3.63, 3.8) is 0 Å². The molecule has 1 aromatic heterocycles. The normalized spacial score (nSPS) is 10.2. The van der Waals surface area contributed by atoms with Crippen molar-refractivity contribution < 1.29 is 14.1 Å². The molecule has 1 aromatic rings. The van der Waals surface area contributed by atoms with E-state index in [9.17, 15) is 4.79 Å². The van der Waals surface area contributed by atoms with Crippen LogP contribution in [0.2, 0.25) is 0 Å². The smallest absolute Gasteiger partial charge is 0.273 e. The Morgan fingerprint density at radius 3 is 3.13 bits per heavy atom. The van der Waals surface area contributed by atoms with Crippen molar-refractivity contribution in [3.8, 4) is 0 Å². The number of hydrogen-bond donors (Lipinski definition) is 1. The predicted molar refractivity (Wildman–Crippen MR) is 55.0 cm³/mol. The molecule has 0 aliphatic heterocycles. The Morgan fingerprint density at radius 2 is 2.47 bits per heavy atom. The number of alkyl halides is 1. The second-order valence-corrected chi connectivity index (χ2v) is 3.17. The summed E-state index contributed by atoms with van der Waals surface area (Å²) in [6, 6.07) is 1.51. The Kier molecular flexibility index (Phi) is 5.80. The SMILES string of the molecule is O=C(NCCCOCCCl)c1ccon1. The molecular formula is C9H13ClN2O3. The van der Waals surface area contributed by atoms with Crippen LogP contribution in [0.4, 0.5) is 0 Å². The van der Waals surface area contributed by atoms with Gasteiger partial charge >= 0.3 is 0 Å². The number of carbonyl (C=O) groups excluding carboxylic acids is 1. The quantitative estimate of drug-likeness (QED) is 0.564. The van der Waals surface area contributed by atoms with E-state index in [0.29, 0.717) is 25.6 Å². The molecule has 0 saturated carbocycles. The minimum atomic E-state index is -0.235. The lowest BCUT2D eigenvalue weighted by Crippen LogP contribution is -2.25. The highest BCUT2D eigenvalue weighted by Crippen LogP contribution is 1.93. The summed E-state index contributed by atoms with van der Waals surface area (Å²) in [5.74, 6) is 0.256. The first-order valence-corrected chi connectivity index (χ1v) is 5.20. The Bertz CT molecular complexity index is 277. The van der Waals surface area contributed by atoms with Crippen LogP contribution in [0, 0.1) is 0 Å². The Labute approximate surface area is 92.7 Å².